The normalized spacial score (nSPS) is 17.1. The summed E-state index contributed by atoms with van der Waals surface area (Å²) < 4.78 is 7.12. The number of rotatable bonds is 4. The van der Waals surface area contributed by atoms with Crippen molar-refractivity contribution in [3.05, 3.63) is 82.1 Å². The van der Waals surface area contributed by atoms with E-state index in [1.165, 1.54) is 0 Å². The van der Waals surface area contributed by atoms with Crippen molar-refractivity contribution in [3.8, 4) is 22.4 Å². The van der Waals surface area contributed by atoms with E-state index in [2.05, 4.69) is 0 Å². The van der Waals surface area contributed by atoms with Gasteiger partial charge in [0.05, 0.1) is 30.5 Å². The van der Waals surface area contributed by atoms with E-state index in [0.29, 0.717) is 30.8 Å². The highest BCUT2D eigenvalue weighted by Gasteiger charge is 2.34. The van der Waals surface area contributed by atoms with Gasteiger partial charge in [0.25, 0.3) is 11.5 Å². The third kappa shape index (κ3) is 2.97. The standard InChI is InChI=1S/C25H24N2O3/c1-30-16-19-11-7-13-26(19)25(29)22-14-21(17-8-3-2-4-9-17)24(28)27-15-18-10-5-6-12-20(18)23(22)27/h2-6,8-10,12,14,19H,7,11,13,15-16H2,1H3/t19-/m1/s1. The summed E-state index contributed by atoms with van der Waals surface area (Å²) in [5, 5.41) is 0. The smallest absolute Gasteiger partial charge is 0.259 e. The first-order valence-electron chi connectivity index (χ1n) is 10.4. The van der Waals surface area contributed by atoms with E-state index in [4.69, 9.17) is 4.74 Å². The van der Waals surface area contributed by atoms with E-state index in [1.807, 2.05) is 59.5 Å². The predicted octanol–water partition coefficient (Wildman–Crippen LogP) is 3.80. The monoisotopic (exact) mass is 400 g/mol. The lowest BCUT2D eigenvalue weighted by Crippen LogP contribution is -2.39. The fourth-order valence-electron chi connectivity index (χ4n) is 4.78. The molecule has 0 aliphatic carbocycles. The van der Waals surface area contributed by atoms with E-state index in [1.54, 1.807) is 17.7 Å². The van der Waals surface area contributed by atoms with E-state index >= 15 is 0 Å². The maximum Gasteiger partial charge on any atom is 0.259 e. The molecule has 3 aromatic rings. The van der Waals surface area contributed by atoms with E-state index in [9.17, 15) is 9.59 Å². The fourth-order valence-corrected chi connectivity index (χ4v) is 4.78. The molecule has 0 bridgehead atoms. The highest BCUT2D eigenvalue weighted by atomic mass is 16.5. The Bertz CT molecular complexity index is 1170. The van der Waals surface area contributed by atoms with Crippen molar-refractivity contribution >= 4 is 5.91 Å². The first kappa shape index (κ1) is 18.8. The summed E-state index contributed by atoms with van der Waals surface area (Å²) in [5.74, 6) is -0.0211. The number of ether oxygens (including phenoxy) is 1. The van der Waals surface area contributed by atoms with Gasteiger partial charge < -0.3 is 14.2 Å². The minimum atomic E-state index is -0.0567. The molecule has 5 heteroatoms. The van der Waals surface area contributed by atoms with Gasteiger partial charge >= 0.3 is 0 Å². The molecule has 2 aliphatic heterocycles. The quantitative estimate of drug-likeness (QED) is 0.524. The summed E-state index contributed by atoms with van der Waals surface area (Å²) in [6, 6.07) is 19.4. The minimum Gasteiger partial charge on any atom is -0.383 e. The molecular formula is C25H24N2O3. The summed E-state index contributed by atoms with van der Waals surface area (Å²) in [5.41, 5.74) is 4.73. The Morgan fingerprint density at radius 3 is 2.63 bits per heavy atom. The number of carbonyl (C=O) groups is 1. The number of hydrogen-bond donors (Lipinski definition) is 0. The Balaban J connectivity index is 1.71. The molecule has 30 heavy (non-hydrogen) atoms. The molecule has 0 unspecified atom stereocenters. The van der Waals surface area contributed by atoms with Crippen molar-refractivity contribution in [3.63, 3.8) is 0 Å². The van der Waals surface area contributed by atoms with Gasteiger partial charge in [0, 0.05) is 24.8 Å². The van der Waals surface area contributed by atoms with E-state index < -0.39 is 0 Å². The van der Waals surface area contributed by atoms with Crippen LogP contribution < -0.4 is 5.56 Å². The molecule has 5 rings (SSSR count). The van der Waals surface area contributed by atoms with Gasteiger partial charge in [0.2, 0.25) is 0 Å². The molecule has 1 amide bonds. The summed E-state index contributed by atoms with van der Waals surface area (Å²) in [4.78, 5) is 29.1. The molecule has 152 valence electrons. The Morgan fingerprint density at radius 2 is 1.83 bits per heavy atom. The van der Waals surface area contributed by atoms with Crippen LogP contribution in [0.25, 0.3) is 22.4 Å². The molecule has 5 nitrogen and oxygen atoms in total. The number of fused-ring (bicyclic) bond motifs is 3. The summed E-state index contributed by atoms with van der Waals surface area (Å²) in [6.45, 7) is 1.74. The van der Waals surface area contributed by atoms with Gasteiger partial charge in [-0.25, -0.2) is 0 Å². The van der Waals surface area contributed by atoms with Crippen LogP contribution in [-0.2, 0) is 11.3 Å². The van der Waals surface area contributed by atoms with Crippen LogP contribution in [0.1, 0.15) is 28.8 Å². The van der Waals surface area contributed by atoms with Crippen molar-refractivity contribution in [1.29, 1.82) is 0 Å². The third-order valence-corrected chi connectivity index (χ3v) is 6.20. The highest BCUT2D eigenvalue weighted by molar-refractivity contribution is 6.02. The van der Waals surface area contributed by atoms with Crippen LogP contribution in [0.3, 0.4) is 0 Å². The summed E-state index contributed by atoms with van der Waals surface area (Å²) in [7, 11) is 1.67. The van der Waals surface area contributed by atoms with Crippen LogP contribution in [0, 0.1) is 0 Å². The molecule has 1 saturated heterocycles. The van der Waals surface area contributed by atoms with Gasteiger partial charge in [0.1, 0.15) is 0 Å². The van der Waals surface area contributed by atoms with Gasteiger partial charge in [-0.1, -0.05) is 54.6 Å². The van der Waals surface area contributed by atoms with Crippen LogP contribution >= 0.6 is 0 Å². The molecule has 0 saturated carbocycles. The first-order chi connectivity index (χ1) is 14.7. The van der Waals surface area contributed by atoms with Gasteiger partial charge in [-0.2, -0.15) is 0 Å². The number of hydrogen-bond acceptors (Lipinski definition) is 3. The maximum absolute atomic E-state index is 13.8. The number of carbonyl (C=O) groups excluding carboxylic acids is 1. The minimum absolute atomic E-state index is 0.0211. The largest absolute Gasteiger partial charge is 0.383 e. The number of benzene rings is 2. The zero-order valence-corrected chi connectivity index (χ0v) is 17.0. The molecular weight excluding hydrogens is 376 g/mol. The van der Waals surface area contributed by atoms with E-state index in [-0.39, 0.29) is 17.5 Å². The molecule has 2 aliphatic rings. The summed E-state index contributed by atoms with van der Waals surface area (Å²) in [6.07, 6.45) is 1.91. The molecule has 0 spiro atoms. The predicted molar refractivity (Wildman–Crippen MR) is 117 cm³/mol. The number of methoxy groups -OCH3 is 1. The topological polar surface area (TPSA) is 51.5 Å². The number of amides is 1. The highest BCUT2D eigenvalue weighted by Crippen LogP contribution is 2.36. The Morgan fingerprint density at radius 1 is 1.07 bits per heavy atom. The van der Waals surface area contributed by atoms with Crippen molar-refractivity contribution in [2.24, 2.45) is 0 Å². The van der Waals surface area contributed by atoms with Crippen molar-refractivity contribution in [2.75, 3.05) is 20.3 Å². The molecule has 1 atom stereocenters. The van der Waals surface area contributed by atoms with Gasteiger partial charge in [-0.05, 0) is 30.0 Å². The Kier molecular flexibility index (Phi) is 4.75. The molecule has 0 radical (unpaired) electrons. The van der Waals surface area contributed by atoms with Crippen molar-refractivity contribution < 1.29 is 9.53 Å². The average Bonchev–Trinajstić information content (AvgIpc) is 3.40. The van der Waals surface area contributed by atoms with Crippen LogP contribution in [0.5, 0.6) is 0 Å². The third-order valence-electron chi connectivity index (χ3n) is 6.20. The SMILES string of the molecule is COC[C@H]1CCCN1C(=O)c1cc(-c2ccccc2)c(=O)n2c1-c1ccccc1C2. The lowest BCUT2D eigenvalue weighted by Gasteiger charge is -2.25. The van der Waals surface area contributed by atoms with Crippen molar-refractivity contribution in [2.45, 2.75) is 25.4 Å². The summed E-state index contributed by atoms with van der Waals surface area (Å²) >= 11 is 0. The zero-order chi connectivity index (χ0) is 20.7. The average molecular weight is 400 g/mol. The second-order valence-corrected chi connectivity index (χ2v) is 7.98. The lowest BCUT2D eigenvalue weighted by atomic mass is 9.99. The molecule has 2 aromatic carbocycles. The maximum atomic E-state index is 13.8. The van der Waals surface area contributed by atoms with Crippen molar-refractivity contribution in [1.82, 2.24) is 9.47 Å². The molecule has 3 heterocycles. The number of likely N-dealkylation sites (tertiary alicyclic amines) is 1. The molecule has 1 aromatic heterocycles. The fraction of sp³-hybridized carbons (Fsp3) is 0.280. The Hall–Kier alpha value is -3.18. The van der Waals surface area contributed by atoms with Crippen LogP contribution in [-0.4, -0.2) is 41.7 Å². The van der Waals surface area contributed by atoms with Crippen LogP contribution in [0.4, 0.5) is 0 Å². The second kappa shape index (κ2) is 7.58. The molecule has 1 fully saturated rings. The van der Waals surface area contributed by atoms with Gasteiger partial charge in [-0.3, -0.25) is 9.59 Å². The van der Waals surface area contributed by atoms with Crippen LogP contribution in [0.2, 0.25) is 0 Å². The second-order valence-electron chi connectivity index (χ2n) is 7.98. The first-order valence-corrected chi connectivity index (χ1v) is 10.4. The lowest BCUT2D eigenvalue weighted by molar-refractivity contribution is 0.0631. The molecule has 0 N–H and O–H groups in total. The number of aromatic nitrogens is 1. The van der Waals surface area contributed by atoms with Gasteiger partial charge in [-0.15, -0.1) is 0 Å². The van der Waals surface area contributed by atoms with Crippen LogP contribution in [0.15, 0.2) is 65.5 Å². The zero-order valence-electron chi connectivity index (χ0n) is 17.0. The Labute approximate surface area is 175 Å². The van der Waals surface area contributed by atoms with Gasteiger partial charge in [0.15, 0.2) is 0 Å². The number of nitrogens with zero attached hydrogens (tertiary/aromatic N) is 2. The van der Waals surface area contributed by atoms with E-state index in [0.717, 1.165) is 35.2 Å². The number of pyridine rings is 1.